The highest BCUT2D eigenvalue weighted by atomic mass is 35.5. The Morgan fingerprint density at radius 3 is 2.16 bits per heavy atom. The highest BCUT2D eigenvalue weighted by Crippen LogP contribution is 2.17. The molecule has 2 aromatic rings. The number of ether oxygens (including phenoxy) is 1. The topological polar surface area (TPSA) is 129 Å². The first-order valence-corrected chi connectivity index (χ1v) is 16.5. The van der Waals surface area contributed by atoms with Crippen LogP contribution in [0.1, 0.15) is 89.5 Å². The summed E-state index contributed by atoms with van der Waals surface area (Å²) in [6.07, 6.45) is 12.8. The minimum atomic E-state index is -1.06. The van der Waals surface area contributed by atoms with E-state index in [1.807, 2.05) is 0 Å². The molecule has 0 saturated heterocycles. The maximum atomic E-state index is 12.6. The van der Waals surface area contributed by atoms with E-state index in [1.54, 1.807) is 48.5 Å². The summed E-state index contributed by atoms with van der Waals surface area (Å²) < 4.78 is 5.77. The number of amides is 3. The van der Waals surface area contributed by atoms with Crippen molar-refractivity contribution in [3.8, 4) is 5.75 Å². The number of hydrogen-bond acceptors (Lipinski definition) is 6. The van der Waals surface area contributed by atoms with Crippen molar-refractivity contribution >= 4 is 35.0 Å². The van der Waals surface area contributed by atoms with Gasteiger partial charge in [0.25, 0.3) is 5.91 Å². The molecule has 1 unspecified atom stereocenters. The molecule has 0 saturated carbocycles. The molecule has 0 aliphatic carbocycles. The molecule has 2 rings (SSSR count). The Hall–Kier alpha value is -3.30. The number of halogens is 1. The summed E-state index contributed by atoms with van der Waals surface area (Å²) >= 11 is 6.01. The van der Waals surface area contributed by atoms with Crippen LogP contribution in [-0.4, -0.2) is 55.3 Å². The fraction of sp³-hybridized carbons (Fsp3) is 0.559. The van der Waals surface area contributed by atoms with Crippen molar-refractivity contribution in [2.45, 2.75) is 96.6 Å². The van der Waals surface area contributed by atoms with E-state index >= 15 is 0 Å². The number of aliphatic hydroxyl groups excluding tert-OH is 1. The zero-order valence-corrected chi connectivity index (χ0v) is 26.9. The van der Waals surface area contributed by atoms with Gasteiger partial charge >= 0.3 is 0 Å². The molecule has 9 nitrogen and oxygen atoms in total. The summed E-state index contributed by atoms with van der Waals surface area (Å²) in [6, 6.07) is 13.9. The Labute approximate surface area is 267 Å². The third kappa shape index (κ3) is 17.1. The second-order valence-electron chi connectivity index (χ2n) is 11.0. The summed E-state index contributed by atoms with van der Waals surface area (Å²) in [5.41, 5.74) is 1.31. The molecule has 0 bridgehead atoms. The number of anilines is 1. The average Bonchev–Trinajstić information content (AvgIpc) is 3.01. The molecule has 2 aromatic carbocycles. The fourth-order valence-corrected chi connectivity index (χ4v) is 4.87. The molecule has 0 aromatic heterocycles. The molecular weight excluding hydrogens is 580 g/mol. The van der Waals surface area contributed by atoms with Crippen molar-refractivity contribution in [1.29, 1.82) is 0 Å². The molecule has 1 atom stereocenters. The van der Waals surface area contributed by atoms with E-state index in [2.05, 4.69) is 28.2 Å². The number of benzene rings is 2. The summed E-state index contributed by atoms with van der Waals surface area (Å²) in [7, 11) is 0. The number of hydrogen-bond donors (Lipinski definition) is 5. The maximum absolute atomic E-state index is 12.6. The van der Waals surface area contributed by atoms with Crippen LogP contribution in [0.15, 0.2) is 48.5 Å². The predicted molar refractivity (Wildman–Crippen MR) is 177 cm³/mol. The van der Waals surface area contributed by atoms with Gasteiger partial charge in [0.15, 0.2) is 6.17 Å². The SMILES string of the molecule is CCCCCCCCCCCCNC(=O)CCCOc1ccc(NC(NC(=O)Cc2cccc(Cl)c2)C(=O)NCCO)cc1. The molecule has 0 radical (unpaired) electrons. The summed E-state index contributed by atoms with van der Waals surface area (Å²) in [5.74, 6) is -0.166. The van der Waals surface area contributed by atoms with Gasteiger partial charge in [0.05, 0.1) is 19.6 Å². The molecule has 0 fully saturated rings. The van der Waals surface area contributed by atoms with Crippen LogP contribution in [0.25, 0.3) is 0 Å². The average molecular weight is 631 g/mol. The summed E-state index contributed by atoms with van der Waals surface area (Å²) in [4.78, 5) is 37.4. The van der Waals surface area contributed by atoms with Gasteiger partial charge < -0.3 is 31.1 Å². The first kappa shape index (κ1) is 36.9. The lowest BCUT2D eigenvalue weighted by molar-refractivity contribution is -0.128. The number of carbonyl (C=O) groups excluding carboxylic acids is 3. The van der Waals surface area contributed by atoms with E-state index in [4.69, 9.17) is 21.4 Å². The smallest absolute Gasteiger partial charge is 0.263 e. The second-order valence-corrected chi connectivity index (χ2v) is 11.4. The van der Waals surface area contributed by atoms with Crippen LogP contribution in [0, 0.1) is 0 Å². The first-order valence-electron chi connectivity index (χ1n) is 16.1. The second kappa shape index (κ2) is 23.1. The van der Waals surface area contributed by atoms with E-state index in [-0.39, 0.29) is 31.4 Å². The molecular formula is C34H51ClN4O5. The minimum Gasteiger partial charge on any atom is -0.494 e. The van der Waals surface area contributed by atoms with Crippen molar-refractivity contribution in [3.63, 3.8) is 0 Å². The van der Waals surface area contributed by atoms with Crippen LogP contribution in [0.4, 0.5) is 5.69 Å². The largest absolute Gasteiger partial charge is 0.494 e. The first-order chi connectivity index (χ1) is 21.4. The van der Waals surface area contributed by atoms with E-state index in [0.717, 1.165) is 24.9 Å². The Morgan fingerprint density at radius 1 is 0.818 bits per heavy atom. The van der Waals surface area contributed by atoms with Crippen LogP contribution >= 0.6 is 11.6 Å². The van der Waals surface area contributed by atoms with Gasteiger partial charge in [-0.25, -0.2) is 0 Å². The van der Waals surface area contributed by atoms with Crippen LogP contribution in [0.3, 0.4) is 0 Å². The standard InChI is InChI=1S/C34H51ClN4O5/c1-2-3-4-5-6-7-8-9-10-11-21-36-31(41)16-13-24-44-30-19-17-29(18-20-30)38-33(34(43)37-22-23-40)39-32(42)26-27-14-12-15-28(35)25-27/h12,14-15,17-20,25,33,38,40H,2-11,13,16,21-24,26H2,1H3,(H,36,41)(H,37,43)(H,39,42). The van der Waals surface area contributed by atoms with Gasteiger partial charge in [-0.2, -0.15) is 0 Å². The van der Waals surface area contributed by atoms with Crippen LogP contribution < -0.4 is 26.0 Å². The summed E-state index contributed by atoms with van der Waals surface area (Å²) in [6.45, 7) is 3.22. The number of carbonyl (C=O) groups is 3. The molecule has 0 heterocycles. The van der Waals surface area contributed by atoms with E-state index in [9.17, 15) is 14.4 Å². The van der Waals surface area contributed by atoms with Crippen LogP contribution in [0.2, 0.25) is 5.02 Å². The van der Waals surface area contributed by atoms with Gasteiger partial charge in [0.2, 0.25) is 11.8 Å². The van der Waals surface area contributed by atoms with E-state index in [0.29, 0.717) is 35.9 Å². The Kier molecular flexibility index (Phi) is 19.4. The lowest BCUT2D eigenvalue weighted by atomic mass is 10.1. The van der Waals surface area contributed by atoms with Crippen molar-refractivity contribution < 1.29 is 24.2 Å². The molecule has 44 heavy (non-hydrogen) atoms. The van der Waals surface area contributed by atoms with Crippen molar-refractivity contribution in [3.05, 3.63) is 59.1 Å². The lowest BCUT2D eigenvalue weighted by Crippen LogP contribution is -2.52. The minimum absolute atomic E-state index is 0.0481. The van der Waals surface area contributed by atoms with Crippen molar-refractivity contribution in [2.75, 3.05) is 31.6 Å². The van der Waals surface area contributed by atoms with E-state index < -0.39 is 12.1 Å². The van der Waals surface area contributed by atoms with Gasteiger partial charge in [-0.05, 0) is 54.8 Å². The van der Waals surface area contributed by atoms with Gasteiger partial charge in [0.1, 0.15) is 5.75 Å². The van der Waals surface area contributed by atoms with Crippen LogP contribution in [-0.2, 0) is 20.8 Å². The Balaban J connectivity index is 1.65. The zero-order valence-electron chi connectivity index (χ0n) is 26.2. The molecule has 3 amide bonds. The number of aliphatic hydroxyl groups is 1. The highest BCUT2D eigenvalue weighted by Gasteiger charge is 2.20. The van der Waals surface area contributed by atoms with Gasteiger partial charge in [-0.3, -0.25) is 14.4 Å². The normalized spacial score (nSPS) is 11.4. The number of unbranched alkanes of at least 4 members (excludes halogenated alkanes) is 9. The van der Waals surface area contributed by atoms with Gasteiger partial charge in [0, 0.05) is 30.2 Å². The van der Waals surface area contributed by atoms with E-state index in [1.165, 1.54) is 51.4 Å². The third-order valence-electron chi connectivity index (χ3n) is 7.07. The third-order valence-corrected chi connectivity index (χ3v) is 7.30. The number of nitrogens with one attached hydrogen (secondary N) is 4. The van der Waals surface area contributed by atoms with Gasteiger partial charge in [-0.1, -0.05) is 88.4 Å². The molecule has 0 aliphatic heterocycles. The Morgan fingerprint density at radius 2 is 1.50 bits per heavy atom. The molecule has 0 spiro atoms. The maximum Gasteiger partial charge on any atom is 0.263 e. The zero-order chi connectivity index (χ0) is 31.8. The molecule has 10 heteroatoms. The monoisotopic (exact) mass is 630 g/mol. The molecule has 5 N–H and O–H groups in total. The van der Waals surface area contributed by atoms with Gasteiger partial charge in [-0.15, -0.1) is 0 Å². The highest BCUT2D eigenvalue weighted by molar-refractivity contribution is 6.30. The van der Waals surface area contributed by atoms with Crippen molar-refractivity contribution in [2.24, 2.45) is 0 Å². The van der Waals surface area contributed by atoms with Crippen molar-refractivity contribution in [1.82, 2.24) is 16.0 Å². The fourth-order valence-electron chi connectivity index (χ4n) is 4.66. The quantitative estimate of drug-likeness (QED) is 0.0743. The predicted octanol–water partition coefficient (Wildman–Crippen LogP) is 5.74. The number of rotatable bonds is 24. The Bertz CT molecular complexity index is 1100. The summed E-state index contributed by atoms with van der Waals surface area (Å²) in [5, 5.41) is 20.9. The molecule has 0 aliphatic rings. The lowest BCUT2D eigenvalue weighted by Gasteiger charge is -2.21. The molecule has 244 valence electrons. The van der Waals surface area contributed by atoms with Crippen LogP contribution in [0.5, 0.6) is 5.75 Å².